The largest absolute Gasteiger partial charge is 0.297 e. The lowest BCUT2D eigenvalue weighted by Gasteiger charge is -2.18. The molecule has 1 fully saturated rings. The van der Waals surface area contributed by atoms with Crippen molar-refractivity contribution in [1.29, 1.82) is 0 Å². The standard InChI is InChI=1S/C13H22BrN3/c1-9(2)11-5-6-17(7-11)8-12-13(14)10(3)15-16(12)4/h9,11H,5-8H2,1-4H3. The van der Waals surface area contributed by atoms with Gasteiger partial charge in [-0.3, -0.25) is 9.58 Å². The van der Waals surface area contributed by atoms with E-state index in [-0.39, 0.29) is 0 Å². The molecule has 1 aromatic rings. The van der Waals surface area contributed by atoms with Gasteiger partial charge in [0, 0.05) is 20.1 Å². The predicted molar refractivity (Wildman–Crippen MR) is 73.9 cm³/mol. The molecule has 2 rings (SSSR count). The highest BCUT2D eigenvalue weighted by atomic mass is 79.9. The van der Waals surface area contributed by atoms with E-state index in [1.54, 1.807) is 0 Å². The van der Waals surface area contributed by atoms with E-state index in [0.29, 0.717) is 0 Å². The molecule has 0 aliphatic carbocycles. The van der Waals surface area contributed by atoms with Crippen LogP contribution in [0, 0.1) is 18.8 Å². The van der Waals surface area contributed by atoms with Gasteiger partial charge in [-0.25, -0.2) is 0 Å². The summed E-state index contributed by atoms with van der Waals surface area (Å²) in [6.45, 7) is 10.2. The minimum Gasteiger partial charge on any atom is -0.297 e. The molecule has 4 heteroatoms. The second-order valence-corrected chi connectivity index (χ2v) is 6.29. The third-order valence-corrected chi connectivity index (χ3v) is 4.92. The summed E-state index contributed by atoms with van der Waals surface area (Å²) in [5, 5.41) is 4.45. The van der Waals surface area contributed by atoms with E-state index in [1.165, 1.54) is 29.7 Å². The highest BCUT2D eigenvalue weighted by Crippen LogP contribution is 2.27. The van der Waals surface area contributed by atoms with Crippen LogP contribution in [0.4, 0.5) is 0 Å². The average molecular weight is 300 g/mol. The molecule has 0 spiro atoms. The van der Waals surface area contributed by atoms with Crippen molar-refractivity contribution in [3.63, 3.8) is 0 Å². The molecule has 2 heterocycles. The third kappa shape index (κ3) is 2.74. The van der Waals surface area contributed by atoms with Gasteiger partial charge in [0.25, 0.3) is 0 Å². The Morgan fingerprint density at radius 3 is 2.65 bits per heavy atom. The van der Waals surface area contributed by atoms with E-state index in [0.717, 1.165) is 24.1 Å². The van der Waals surface area contributed by atoms with Crippen LogP contribution in [-0.4, -0.2) is 27.8 Å². The Hall–Kier alpha value is -0.350. The van der Waals surface area contributed by atoms with Crippen molar-refractivity contribution in [2.45, 2.75) is 33.7 Å². The quantitative estimate of drug-likeness (QED) is 0.856. The van der Waals surface area contributed by atoms with E-state index < -0.39 is 0 Å². The Kier molecular flexibility index (Phi) is 3.93. The number of hydrogen-bond acceptors (Lipinski definition) is 2. The fourth-order valence-electron chi connectivity index (χ4n) is 2.61. The van der Waals surface area contributed by atoms with Crippen molar-refractivity contribution in [3.05, 3.63) is 15.9 Å². The van der Waals surface area contributed by atoms with Crippen LogP contribution in [0.1, 0.15) is 31.7 Å². The van der Waals surface area contributed by atoms with E-state index >= 15 is 0 Å². The number of aryl methyl sites for hydroxylation is 2. The zero-order valence-corrected chi connectivity index (χ0v) is 12.8. The molecule has 0 N–H and O–H groups in total. The van der Waals surface area contributed by atoms with Crippen LogP contribution in [0.3, 0.4) is 0 Å². The Labute approximate surface area is 112 Å². The van der Waals surface area contributed by atoms with Crippen LogP contribution in [-0.2, 0) is 13.6 Å². The van der Waals surface area contributed by atoms with Crippen molar-refractivity contribution >= 4 is 15.9 Å². The Balaban J connectivity index is 2.03. The summed E-state index contributed by atoms with van der Waals surface area (Å²) >= 11 is 3.64. The van der Waals surface area contributed by atoms with E-state index in [1.807, 2.05) is 11.7 Å². The molecular formula is C13H22BrN3. The highest BCUT2D eigenvalue weighted by Gasteiger charge is 2.26. The SMILES string of the molecule is Cc1nn(C)c(CN2CCC(C(C)C)C2)c1Br. The molecule has 0 amide bonds. The number of rotatable bonds is 3. The first-order valence-electron chi connectivity index (χ1n) is 6.39. The summed E-state index contributed by atoms with van der Waals surface area (Å²) < 4.78 is 3.18. The predicted octanol–water partition coefficient (Wildman–Crippen LogP) is 2.97. The molecule has 0 aromatic carbocycles. The first-order chi connectivity index (χ1) is 7.99. The summed E-state index contributed by atoms with van der Waals surface area (Å²) in [7, 11) is 2.03. The summed E-state index contributed by atoms with van der Waals surface area (Å²) in [5.41, 5.74) is 2.38. The smallest absolute Gasteiger partial charge is 0.0739 e. The van der Waals surface area contributed by atoms with Crippen LogP contribution in [0.5, 0.6) is 0 Å². The van der Waals surface area contributed by atoms with Crippen molar-refractivity contribution in [1.82, 2.24) is 14.7 Å². The van der Waals surface area contributed by atoms with Gasteiger partial charge in [0.15, 0.2) is 0 Å². The summed E-state index contributed by atoms with van der Waals surface area (Å²) in [5.74, 6) is 1.67. The fourth-order valence-corrected chi connectivity index (χ4v) is 3.08. The zero-order valence-electron chi connectivity index (χ0n) is 11.2. The van der Waals surface area contributed by atoms with Gasteiger partial charge in [-0.15, -0.1) is 0 Å². The molecule has 0 bridgehead atoms. The number of hydrogen-bond donors (Lipinski definition) is 0. The maximum absolute atomic E-state index is 4.45. The molecule has 96 valence electrons. The van der Waals surface area contributed by atoms with Gasteiger partial charge in [-0.1, -0.05) is 13.8 Å². The minimum atomic E-state index is 0.803. The molecular weight excluding hydrogens is 278 g/mol. The van der Waals surface area contributed by atoms with Gasteiger partial charge in [-0.2, -0.15) is 5.10 Å². The Morgan fingerprint density at radius 2 is 2.18 bits per heavy atom. The Morgan fingerprint density at radius 1 is 1.47 bits per heavy atom. The van der Waals surface area contributed by atoms with Crippen LogP contribution in [0.25, 0.3) is 0 Å². The Bertz CT molecular complexity index is 398. The summed E-state index contributed by atoms with van der Waals surface area (Å²) in [6, 6.07) is 0. The lowest BCUT2D eigenvalue weighted by atomic mass is 9.95. The third-order valence-electron chi connectivity index (χ3n) is 3.89. The van der Waals surface area contributed by atoms with Crippen molar-refractivity contribution < 1.29 is 0 Å². The van der Waals surface area contributed by atoms with Crippen LogP contribution >= 0.6 is 15.9 Å². The van der Waals surface area contributed by atoms with Gasteiger partial charge in [0.1, 0.15) is 0 Å². The molecule has 0 saturated carbocycles. The highest BCUT2D eigenvalue weighted by molar-refractivity contribution is 9.10. The maximum Gasteiger partial charge on any atom is 0.0739 e. The van der Waals surface area contributed by atoms with Gasteiger partial charge in [-0.05, 0) is 47.7 Å². The summed E-state index contributed by atoms with van der Waals surface area (Å²) in [4.78, 5) is 2.55. The van der Waals surface area contributed by atoms with E-state index in [2.05, 4.69) is 46.7 Å². The van der Waals surface area contributed by atoms with Crippen LogP contribution in [0.15, 0.2) is 4.47 Å². The average Bonchev–Trinajstić information content (AvgIpc) is 2.80. The van der Waals surface area contributed by atoms with E-state index in [4.69, 9.17) is 0 Å². The van der Waals surface area contributed by atoms with Gasteiger partial charge in [0.2, 0.25) is 0 Å². The monoisotopic (exact) mass is 299 g/mol. The van der Waals surface area contributed by atoms with Crippen LogP contribution in [0.2, 0.25) is 0 Å². The fraction of sp³-hybridized carbons (Fsp3) is 0.769. The molecule has 1 atom stereocenters. The molecule has 1 aliphatic rings. The van der Waals surface area contributed by atoms with E-state index in [9.17, 15) is 0 Å². The van der Waals surface area contributed by atoms with Crippen LogP contribution < -0.4 is 0 Å². The van der Waals surface area contributed by atoms with Gasteiger partial charge >= 0.3 is 0 Å². The van der Waals surface area contributed by atoms with Crippen molar-refractivity contribution in [2.24, 2.45) is 18.9 Å². The molecule has 1 unspecified atom stereocenters. The second-order valence-electron chi connectivity index (χ2n) is 5.50. The van der Waals surface area contributed by atoms with Crippen molar-refractivity contribution in [2.75, 3.05) is 13.1 Å². The summed E-state index contributed by atoms with van der Waals surface area (Å²) in [6.07, 6.45) is 1.34. The topological polar surface area (TPSA) is 21.1 Å². The van der Waals surface area contributed by atoms with Gasteiger partial charge < -0.3 is 0 Å². The molecule has 17 heavy (non-hydrogen) atoms. The molecule has 1 aliphatic heterocycles. The maximum atomic E-state index is 4.45. The zero-order chi connectivity index (χ0) is 12.6. The number of nitrogens with zero attached hydrogens (tertiary/aromatic N) is 3. The minimum absolute atomic E-state index is 0.803. The molecule has 1 aromatic heterocycles. The molecule has 1 saturated heterocycles. The molecule has 0 radical (unpaired) electrons. The second kappa shape index (κ2) is 5.11. The first kappa shape index (κ1) is 13.1. The number of aromatic nitrogens is 2. The lowest BCUT2D eigenvalue weighted by molar-refractivity contribution is 0.289. The number of likely N-dealkylation sites (tertiary alicyclic amines) is 1. The van der Waals surface area contributed by atoms with Gasteiger partial charge in [0.05, 0.1) is 15.9 Å². The van der Waals surface area contributed by atoms with Crippen molar-refractivity contribution in [3.8, 4) is 0 Å². The molecule has 3 nitrogen and oxygen atoms in total. The number of halogens is 1. The first-order valence-corrected chi connectivity index (χ1v) is 7.18. The normalized spacial score (nSPS) is 21.6. The lowest BCUT2D eigenvalue weighted by Crippen LogP contribution is -2.23.